The number of likely N-dealkylation sites (N-methyl/N-ethyl adjacent to an activating group) is 1. The Balaban J connectivity index is 1.69. The Morgan fingerprint density at radius 3 is 2.92 bits per heavy atom. The lowest BCUT2D eigenvalue weighted by Gasteiger charge is -2.15. The molecule has 3 heterocycles. The summed E-state index contributed by atoms with van der Waals surface area (Å²) in [6.07, 6.45) is 4.48. The van der Waals surface area contributed by atoms with Crippen LogP contribution in [0, 0.1) is 0 Å². The van der Waals surface area contributed by atoms with Gasteiger partial charge < -0.3 is 14.4 Å². The van der Waals surface area contributed by atoms with Crippen molar-refractivity contribution in [1.82, 2.24) is 24.6 Å². The minimum absolute atomic E-state index is 0.121. The smallest absolute Gasteiger partial charge is 0.328 e. The van der Waals surface area contributed by atoms with Gasteiger partial charge in [-0.1, -0.05) is 5.16 Å². The summed E-state index contributed by atoms with van der Waals surface area (Å²) in [5.74, 6) is 0.225. The summed E-state index contributed by atoms with van der Waals surface area (Å²) in [6.45, 7) is 0.204. The van der Waals surface area contributed by atoms with Crippen LogP contribution in [-0.4, -0.2) is 37.5 Å². The third-order valence-corrected chi connectivity index (χ3v) is 3.93. The van der Waals surface area contributed by atoms with Crippen LogP contribution >= 0.6 is 0 Å². The van der Waals surface area contributed by atoms with Crippen molar-refractivity contribution >= 4 is 5.91 Å². The van der Waals surface area contributed by atoms with Crippen molar-refractivity contribution in [2.75, 3.05) is 7.05 Å². The average molecular weight is 355 g/mol. The van der Waals surface area contributed by atoms with Crippen LogP contribution in [0.5, 0.6) is 0 Å². The second kappa shape index (κ2) is 7.18. The van der Waals surface area contributed by atoms with Crippen LogP contribution in [-0.2, 0) is 24.8 Å². The van der Waals surface area contributed by atoms with Crippen molar-refractivity contribution in [1.29, 1.82) is 0 Å². The molecule has 0 radical (unpaired) electrons. The number of H-pyrrole nitrogens is 1. The van der Waals surface area contributed by atoms with Gasteiger partial charge in [-0.05, 0) is 12.1 Å². The highest BCUT2D eigenvalue weighted by molar-refractivity contribution is 5.78. The second-order valence-electron chi connectivity index (χ2n) is 5.83. The number of hydrogen-bond donors (Lipinski definition) is 1. The van der Waals surface area contributed by atoms with E-state index < -0.39 is 11.2 Å². The zero-order chi connectivity index (χ0) is 18.7. The molecule has 3 aromatic rings. The van der Waals surface area contributed by atoms with Crippen molar-refractivity contribution in [2.45, 2.75) is 13.0 Å². The zero-order valence-electron chi connectivity index (χ0n) is 14.3. The summed E-state index contributed by atoms with van der Waals surface area (Å²) in [6, 6.07) is 5.39. The number of pyridine rings is 1. The zero-order valence-corrected chi connectivity index (χ0v) is 14.3. The molecule has 0 saturated carbocycles. The van der Waals surface area contributed by atoms with Gasteiger partial charge in [0.05, 0.1) is 13.0 Å². The highest BCUT2D eigenvalue weighted by atomic mass is 16.5. The number of carbonyl (C=O) groups is 1. The summed E-state index contributed by atoms with van der Waals surface area (Å²) in [7, 11) is 2.96. The first kappa shape index (κ1) is 17.3. The Bertz CT molecular complexity index is 1040. The number of aromatic amines is 1. The third kappa shape index (κ3) is 3.61. The third-order valence-electron chi connectivity index (χ3n) is 3.93. The number of aromatic nitrogens is 4. The number of nitrogens with zero attached hydrogens (tertiary/aromatic N) is 4. The maximum Gasteiger partial charge on any atom is 0.328 e. The van der Waals surface area contributed by atoms with Crippen molar-refractivity contribution < 1.29 is 9.32 Å². The first-order valence-electron chi connectivity index (χ1n) is 7.83. The van der Waals surface area contributed by atoms with E-state index in [4.69, 9.17) is 4.52 Å². The van der Waals surface area contributed by atoms with E-state index in [0.717, 1.165) is 10.1 Å². The van der Waals surface area contributed by atoms with E-state index in [9.17, 15) is 14.4 Å². The molecule has 0 atom stereocenters. The van der Waals surface area contributed by atoms with E-state index in [1.807, 2.05) is 6.07 Å². The van der Waals surface area contributed by atoms with E-state index in [-0.39, 0.29) is 24.4 Å². The van der Waals surface area contributed by atoms with Crippen LogP contribution in [0.4, 0.5) is 0 Å². The van der Waals surface area contributed by atoms with Gasteiger partial charge in [0.25, 0.3) is 5.56 Å². The van der Waals surface area contributed by atoms with Crippen LogP contribution in [0.15, 0.2) is 50.9 Å². The van der Waals surface area contributed by atoms with Crippen molar-refractivity contribution in [3.63, 3.8) is 0 Å². The summed E-state index contributed by atoms with van der Waals surface area (Å²) < 4.78 is 6.19. The van der Waals surface area contributed by atoms with Gasteiger partial charge in [0.2, 0.25) is 5.91 Å². The first-order chi connectivity index (χ1) is 12.5. The number of carbonyl (C=O) groups excluding carboxylic acids is 1. The van der Waals surface area contributed by atoms with E-state index in [1.54, 1.807) is 31.6 Å². The molecule has 0 aliphatic rings. The highest BCUT2D eigenvalue weighted by Crippen LogP contribution is 2.18. The predicted octanol–water partition coefficient (Wildman–Crippen LogP) is 0.325. The number of hydrogen-bond acceptors (Lipinski definition) is 6. The summed E-state index contributed by atoms with van der Waals surface area (Å²) in [5, 5.41) is 3.97. The summed E-state index contributed by atoms with van der Waals surface area (Å²) in [4.78, 5) is 43.6. The fraction of sp³-hybridized carbons (Fsp3) is 0.235. The molecule has 0 aromatic carbocycles. The molecule has 0 spiro atoms. The molecule has 0 unspecified atom stereocenters. The van der Waals surface area contributed by atoms with Crippen LogP contribution in [0.3, 0.4) is 0 Å². The molecule has 0 aliphatic carbocycles. The highest BCUT2D eigenvalue weighted by Gasteiger charge is 2.16. The van der Waals surface area contributed by atoms with Gasteiger partial charge in [-0.3, -0.25) is 19.1 Å². The lowest BCUT2D eigenvalue weighted by atomic mass is 10.2. The molecule has 1 N–H and O–H groups in total. The SMILES string of the molecule is CN(Cc1cc(-c2cccnc2)no1)C(=O)Cc1c[nH]c(=O)n(C)c1=O. The van der Waals surface area contributed by atoms with Gasteiger partial charge in [0, 0.05) is 49.9 Å². The summed E-state index contributed by atoms with van der Waals surface area (Å²) >= 11 is 0. The van der Waals surface area contributed by atoms with E-state index in [2.05, 4.69) is 15.1 Å². The quantitative estimate of drug-likeness (QED) is 0.705. The standard InChI is InChI=1S/C17H17N5O4/c1-21(15(23)6-12-9-19-17(25)22(2)16(12)24)10-13-7-14(20-26-13)11-4-3-5-18-8-11/h3-5,7-9H,6,10H2,1-2H3,(H,19,25). The fourth-order valence-electron chi connectivity index (χ4n) is 2.40. The minimum Gasteiger partial charge on any atom is -0.359 e. The molecule has 1 amide bonds. The van der Waals surface area contributed by atoms with E-state index in [1.165, 1.54) is 18.1 Å². The van der Waals surface area contributed by atoms with Gasteiger partial charge in [0.15, 0.2) is 5.76 Å². The maximum atomic E-state index is 12.4. The molecule has 9 nitrogen and oxygen atoms in total. The Kier molecular flexibility index (Phi) is 4.78. The van der Waals surface area contributed by atoms with Crippen LogP contribution in [0.25, 0.3) is 11.3 Å². The Morgan fingerprint density at radius 1 is 1.38 bits per heavy atom. The van der Waals surface area contributed by atoms with Gasteiger partial charge in [-0.2, -0.15) is 0 Å². The van der Waals surface area contributed by atoms with E-state index in [0.29, 0.717) is 11.5 Å². The summed E-state index contributed by atoms with van der Waals surface area (Å²) in [5.41, 5.74) is 0.646. The Hall–Kier alpha value is -3.49. The molecule has 0 aliphatic heterocycles. The maximum absolute atomic E-state index is 12.4. The predicted molar refractivity (Wildman–Crippen MR) is 92.2 cm³/mol. The minimum atomic E-state index is -0.524. The number of nitrogens with one attached hydrogen (secondary N) is 1. The molecule has 26 heavy (non-hydrogen) atoms. The van der Waals surface area contributed by atoms with Gasteiger partial charge in [-0.25, -0.2) is 4.79 Å². The Morgan fingerprint density at radius 2 is 2.19 bits per heavy atom. The van der Waals surface area contributed by atoms with Crippen LogP contribution < -0.4 is 11.2 Å². The second-order valence-corrected chi connectivity index (χ2v) is 5.83. The lowest BCUT2D eigenvalue weighted by molar-refractivity contribution is -0.130. The molecule has 3 rings (SSSR count). The topological polar surface area (TPSA) is 114 Å². The van der Waals surface area contributed by atoms with Crippen LogP contribution in [0.1, 0.15) is 11.3 Å². The molecular formula is C17H17N5O4. The molecule has 0 saturated heterocycles. The normalized spacial score (nSPS) is 10.7. The number of amides is 1. The van der Waals surface area contributed by atoms with Gasteiger partial charge in [-0.15, -0.1) is 0 Å². The van der Waals surface area contributed by atoms with Gasteiger partial charge >= 0.3 is 5.69 Å². The average Bonchev–Trinajstić information content (AvgIpc) is 3.11. The lowest BCUT2D eigenvalue weighted by Crippen LogP contribution is -2.36. The Labute approximate surface area is 147 Å². The van der Waals surface area contributed by atoms with Crippen LogP contribution in [0.2, 0.25) is 0 Å². The molecule has 3 aromatic heterocycles. The molecule has 134 valence electrons. The first-order valence-corrected chi connectivity index (χ1v) is 7.83. The van der Waals surface area contributed by atoms with Crippen molar-refractivity contribution in [3.05, 3.63) is 69.0 Å². The van der Waals surface area contributed by atoms with Gasteiger partial charge in [0.1, 0.15) is 5.69 Å². The molecule has 0 fully saturated rings. The number of rotatable bonds is 5. The molecule has 0 bridgehead atoms. The molecule has 9 heteroatoms. The van der Waals surface area contributed by atoms with Crippen molar-refractivity contribution in [2.24, 2.45) is 7.05 Å². The van der Waals surface area contributed by atoms with E-state index >= 15 is 0 Å². The fourth-order valence-corrected chi connectivity index (χ4v) is 2.40. The largest absolute Gasteiger partial charge is 0.359 e. The molecular weight excluding hydrogens is 338 g/mol. The van der Waals surface area contributed by atoms with Crippen molar-refractivity contribution in [3.8, 4) is 11.3 Å². The monoisotopic (exact) mass is 355 g/mol.